The van der Waals surface area contributed by atoms with Crippen molar-refractivity contribution in [2.45, 2.75) is 40.5 Å². The molecule has 0 N–H and O–H groups in total. The molecule has 0 unspecified atom stereocenters. The van der Waals surface area contributed by atoms with Gasteiger partial charge in [0.15, 0.2) is 0 Å². The standard InChI is InChI=1S/C18H24BrN3O3/c1-5-14-16(22-11-13(19)10-12(4)17(22)20-14)18(24)21(6-2)9-8-15(23)25-7-3/h10-11H,5-9H2,1-4H3. The van der Waals surface area contributed by atoms with E-state index in [-0.39, 0.29) is 18.3 Å². The topological polar surface area (TPSA) is 63.9 Å². The average Bonchev–Trinajstić information content (AvgIpc) is 2.94. The molecule has 0 spiro atoms. The molecule has 0 fully saturated rings. The van der Waals surface area contributed by atoms with Gasteiger partial charge in [-0.3, -0.25) is 14.0 Å². The molecule has 0 atom stereocenters. The number of halogens is 1. The minimum absolute atomic E-state index is 0.117. The summed E-state index contributed by atoms with van der Waals surface area (Å²) in [6, 6.07) is 1.98. The number of aromatic nitrogens is 2. The van der Waals surface area contributed by atoms with E-state index < -0.39 is 0 Å². The van der Waals surface area contributed by atoms with Crippen molar-refractivity contribution < 1.29 is 14.3 Å². The Labute approximate surface area is 156 Å². The lowest BCUT2D eigenvalue weighted by Crippen LogP contribution is -2.34. The predicted molar refractivity (Wildman–Crippen MR) is 99.8 cm³/mol. The molecular formula is C18H24BrN3O3. The molecule has 0 saturated heterocycles. The number of esters is 1. The van der Waals surface area contributed by atoms with E-state index in [1.807, 2.05) is 37.4 Å². The molecule has 0 radical (unpaired) electrons. The highest BCUT2D eigenvalue weighted by atomic mass is 79.9. The van der Waals surface area contributed by atoms with E-state index in [1.54, 1.807) is 11.8 Å². The minimum atomic E-state index is -0.291. The molecule has 0 aliphatic rings. The Hall–Kier alpha value is -1.89. The van der Waals surface area contributed by atoms with Gasteiger partial charge in [0.1, 0.15) is 11.3 Å². The van der Waals surface area contributed by atoms with Crippen molar-refractivity contribution in [1.29, 1.82) is 0 Å². The van der Waals surface area contributed by atoms with Gasteiger partial charge in [-0.25, -0.2) is 4.98 Å². The van der Waals surface area contributed by atoms with Crippen LogP contribution in [-0.2, 0) is 16.0 Å². The highest BCUT2D eigenvalue weighted by Gasteiger charge is 2.24. The van der Waals surface area contributed by atoms with Crippen molar-refractivity contribution in [1.82, 2.24) is 14.3 Å². The van der Waals surface area contributed by atoms with Gasteiger partial charge in [-0.15, -0.1) is 0 Å². The molecule has 0 saturated carbocycles. The van der Waals surface area contributed by atoms with Crippen LogP contribution in [0.25, 0.3) is 5.65 Å². The van der Waals surface area contributed by atoms with Gasteiger partial charge in [0.2, 0.25) is 0 Å². The quantitative estimate of drug-likeness (QED) is 0.657. The Kier molecular flexibility index (Phi) is 6.58. The first-order valence-electron chi connectivity index (χ1n) is 8.54. The normalized spacial score (nSPS) is 10.9. The first-order chi connectivity index (χ1) is 11.9. The molecule has 136 valence electrons. The summed E-state index contributed by atoms with van der Waals surface area (Å²) in [5.74, 6) is -0.408. The van der Waals surface area contributed by atoms with Crippen molar-refractivity contribution in [2.24, 2.45) is 0 Å². The lowest BCUT2D eigenvalue weighted by Gasteiger charge is -2.21. The number of aryl methyl sites for hydroxylation is 2. The fraction of sp³-hybridized carbons (Fsp3) is 0.500. The first-order valence-corrected chi connectivity index (χ1v) is 9.34. The summed E-state index contributed by atoms with van der Waals surface area (Å²) in [6.07, 6.45) is 2.71. The van der Waals surface area contributed by atoms with Gasteiger partial charge < -0.3 is 9.64 Å². The van der Waals surface area contributed by atoms with Crippen LogP contribution in [0.2, 0.25) is 0 Å². The average molecular weight is 410 g/mol. The lowest BCUT2D eigenvalue weighted by atomic mass is 10.2. The third-order valence-electron chi connectivity index (χ3n) is 4.04. The smallest absolute Gasteiger partial charge is 0.307 e. The SMILES string of the molecule is CCOC(=O)CCN(CC)C(=O)c1c(CC)nc2c(C)cc(Br)cn12. The number of carbonyl (C=O) groups excluding carboxylic acids is 2. The van der Waals surface area contributed by atoms with Gasteiger partial charge in [0, 0.05) is 23.8 Å². The number of ether oxygens (including phenoxy) is 1. The van der Waals surface area contributed by atoms with Crippen LogP contribution >= 0.6 is 15.9 Å². The van der Waals surface area contributed by atoms with Crippen LogP contribution in [-0.4, -0.2) is 45.9 Å². The molecule has 2 aromatic rings. The van der Waals surface area contributed by atoms with Crippen LogP contribution in [0.1, 0.15) is 48.9 Å². The Morgan fingerprint density at radius 3 is 2.64 bits per heavy atom. The van der Waals surface area contributed by atoms with Crippen molar-refractivity contribution in [2.75, 3.05) is 19.7 Å². The molecule has 0 aliphatic carbocycles. The van der Waals surface area contributed by atoms with E-state index in [1.165, 1.54) is 0 Å². The number of pyridine rings is 1. The number of amides is 1. The van der Waals surface area contributed by atoms with Crippen molar-refractivity contribution in [3.63, 3.8) is 0 Å². The summed E-state index contributed by atoms with van der Waals surface area (Å²) >= 11 is 3.48. The van der Waals surface area contributed by atoms with Gasteiger partial charge in [-0.1, -0.05) is 6.92 Å². The maximum absolute atomic E-state index is 13.1. The van der Waals surface area contributed by atoms with E-state index >= 15 is 0 Å². The van der Waals surface area contributed by atoms with E-state index in [9.17, 15) is 9.59 Å². The maximum Gasteiger partial charge on any atom is 0.307 e. The van der Waals surface area contributed by atoms with E-state index in [0.29, 0.717) is 31.8 Å². The zero-order valence-corrected chi connectivity index (χ0v) is 16.7. The highest BCUT2D eigenvalue weighted by molar-refractivity contribution is 9.10. The molecule has 6 nitrogen and oxygen atoms in total. The number of nitrogens with zero attached hydrogens (tertiary/aromatic N) is 3. The molecule has 2 heterocycles. The minimum Gasteiger partial charge on any atom is -0.466 e. The van der Waals surface area contributed by atoms with Gasteiger partial charge in [-0.05, 0) is 54.8 Å². The molecule has 2 aromatic heterocycles. The number of rotatable bonds is 7. The molecule has 0 aliphatic heterocycles. The van der Waals surface area contributed by atoms with Crippen molar-refractivity contribution >= 4 is 33.5 Å². The van der Waals surface area contributed by atoms with Crippen LogP contribution in [0.4, 0.5) is 0 Å². The van der Waals surface area contributed by atoms with E-state index in [4.69, 9.17) is 4.74 Å². The number of hydrogen-bond donors (Lipinski definition) is 0. The molecule has 25 heavy (non-hydrogen) atoms. The fourth-order valence-corrected chi connectivity index (χ4v) is 3.35. The third-order valence-corrected chi connectivity index (χ3v) is 4.47. The number of imidazole rings is 1. The highest BCUT2D eigenvalue weighted by Crippen LogP contribution is 2.22. The Balaban J connectivity index is 2.37. The van der Waals surface area contributed by atoms with Gasteiger partial charge in [0.25, 0.3) is 5.91 Å². The fourth-order valence-electron chi connectivity index (χ4n) is 2.80. The zero-order valence-electron chi connectivity index (χ0n) is 15.1. The Morgan fingerprint density at radius 2 is 2.04 bits per heavy atom. The summed E-state index contributed by atoms with van der Waals surface area (Å²) in [4.78, 5) is 31.0. The number of carbonyl (C=O) groups is 2. The summed E-state index contributed by atoms with van der Waals surface area (Å²) in [5.41, 5.74) is 3.11. The van der Waals surface area contributed by atoms with Crippen molar-refractivity contribution in [3.8, 4) is 0 Å². The largest absolute Gasteiger partial charge is 0.466 e. The monoisotopic (exact) mass is 409 g/mol. The van der Waals surface area contributed by atoms with E-state index in [2.05, 4.69) is 20.9 Å². The van der Waals surface area contributed by atoms with Crippen LogP contribution in [0.15, 0.2) is 16.7 Å². The second-order valence-corrected chi connectivity index (χ2v) is 6.65. The van der Waals surface area contributed by atoms with Crippen LogP contribution in [0, 0.1) is 6.92 Å². The molecular weight excluding hydrogens is 386 g/mol. The second-order valence-electron chi connectivity index (χ2n) is 5.74. The second kappa shape index (κ2) is 8.47. The summed E-state index contributed by atoms with van der Waals surface area (Å²) in [6.45, 7) is 8.82. The number of fused-ring (bicyclic) bond motifs is 1. The third kappa shape index (κ3) is 4.21. The zero-order chi connectivity index (χ0) is 18.6. The molecule has 2 rings (SSSR count). The molecule has 7 heteroatoms. The summed E-state index contributed by atoms with van der Waals surface area (Å²) in [5, 5.41) is 0. The van der Waals surface area contributed by atoms with Crippen LogP contribution < -0.4 is 0 Å². The molecule has 0 bridgehead atoms. The predicted octanol–water partition coefficient (Wildman–Crippen LogP) is 3.38. The van der Waals surface area contributed by atoms with Crippen LogP contribution in [0.5, 0.6) is 0 Å². The van der Waals surface area contributed by atoms with Gasteiger partial charge in [0.05, 0.1) is 18.7 Å². The van der Waals surface area contributed by atoms with Gasteiger partial charge >= 0.3 is 5.97 Å². The van der Waals surface area contributed by atoms with Crippen LogP contribution in [0.3, 0.4) is 0 Å². The Bertz CT molecular complexity index is 785. The first kappa shape index (κ1) is 19.4. The van der Waals surface area contributed by atoms with Gasteiger partial charge in [-0.2, -0.15) is 0 Å². The lowest BCUT2D eigenvalue weighted by molar-refractivity contribution is -0.143. The Morgan fingerprint density at radius 1 is 1.32 bits per heavy atom. The molecule has 0 aromatic carbocycles. The maximum atomic E-state index is 13.1. The number of hydrogen-bond acceptors (Lipinski definition) is 4. The van der Waals surface area contributed by atoms with Crippen molar-refractivity contribution in [3.05, 3.63) is 33.7 Å². The molecule has 1 amide bonds. The summed E-state index contributed by atoms with van der Waals surface area (Å²) < 4.78 is 7.68. The summed E-state index contributed by atoms with van der Waals surface area (Å²) in [7, 11) is 0. The van der Waals surface area contributed by atoms with E-state index in [0.717, 1.165) is 21.4 Å².